The van der Waals surface area contributed by atoms with Crippen LogP contribution in [0.3, 0.4) is 0 Å². The largest absolute Gasteiger partial charge is 0.503 e. The van der Waals surface area contributed by atoms with Gasteiger partial charge in [-0.15, -0.1) is 0 Å². The van der Waals surface area contributed by atoms with Crippen molar-refractivity contribution < 1.29 is 14.6 Å². The Morgan fingerprint density at radius 2 is 2.22 bits per heavy atom. The van der Waals surface area contributed by atoms with E-state index in [1.54, 1.807) is 19.1 Å². The highest BCUT2D eigenvalue weighted by molar-refractivity contribution is 9.10. The van der Waals surface area contributed by atoms with E-state index in [1.807, 2.05) is 0 Å². The molecule has 0 bridgehead atoms. The number of aryl methyl sites for hydroxylation is 1. The van der Waals surface area contributed by atoms with Gasteiger partial charge in [-0.3, -0.25) is 14.7 Å². The predicted molar refractivity (Wildman–Crippen MR) is 87.9 cm³/mol. The molecule has 1 aromatic carbocycles. The number of hydrazone groups is 1. The number of aromatic nitrogens is 2. The van der Waals surface area contributed by atoms with E-state index in [0.717, 1.165) is 0 Å². The van der Waals surface area contributed by atoms with Crippen LogP contribution in [0.25, 0.3) is 0 Å². The summed E-state index contributed by atoms with van der Waals surface area (Å²) in [5.41, 5.74) is 3.61. The van der Waals surface area contributed by atoms with Gasteiger partial charge < -0.3 is 14.9 Å². The smallest absolute Gasteiger partial charge is 0.267 e. The van der Waals surface area contributed by atoms with Crippen LogP contribution < -0.4 is 15.7 Å². The Balaban J connectivity index is 2.03. The Bertz CT molecular complexity index is 810. The molecular formula is C14H15BrN4O4. The molecule has 0 unspecified atom stereocenters. The van der Waals surface area contributed by atoms with Crippen LogP contribution in [-0.4, -0.2) is 34.5 Å². The normalized spacial score (nSPS) is 10.9. The Kier molecular flexibility index (Phi) is 5.22. The zero-order valence-electron chi connectivity index (χ0n) is 12.4. The maximum atomic E-state index is 11.8. The number of benzene rings is 1. The number of H-pyrrole nitrogens is 2. The van der Waals surface area contributed by atoms with Crippen molar-refractivity contribution in [3.05, 3.63) is 43.8 Å². The highest BCUT2D eigenvalue weighted by atomic mass is 79.9. The molecule has 9 heteroatoms. The van der Waals surface area contributed by atoms with Gasteiger partial charge in [-0.05, 0) is 40.5 Å². The lowest BCUT2D eigenvalue weighted by Crippen LogP contribution is -2.23. The number of aromatic hydroxyl groups is 1. The van der Waals surface area contributed by atoms with Crippen molar-refractivity contribution in [3.63, 3.8) is 0 Å². The molecule has 1 heterocycles. The van der Waals surface area contributed by atoms with Gasteiger partial charge in [-0.2, -0.15) is 5.10 Å². The molecule has 0 spiro atoms. The number of rotatable bonds is 5. The Morgan fingerprint density at radius 3 is 2.83 bits per heavy atom. The van der Waals surface area contributed by atoms with Crippen LogP contribution in [-0.2, 0) is 11.2 Å². The maximum Gasteiger partial charge on any atom is 0.267 e. The SMILES string of the molecule is COc1cc(/C=N\NC(=O)Cc2c(C)[nH][nH]c2=O)cc(Br)c1O. The molecule has 0 atom stereocenters. The Labute approximate surface area is 139 Å². The topological polar surface area (TPSA) is 120 Å². The second-order valence-electron chi connectivity index (χ2n) is 4.71. The van der Waals surface area contributed by atoms with Gasteiger partial charge in [0.15, 0.2) is 11.5 Å². The second-order valence-corrected chi connectivity index (χ2v) is 5.56. The van der Waals surface area contributed by atoms with Gasteiger partial charge >= 0.3 is 0 Å². The van der Waals surface area contributed by atoms with Gasteiger partial charge in [0.25, 0.3) is 5.56 Å². The number of ether oxygens (including phenoxy) is 1. The summed E-state index contributed by atoms with van der Waals surface area (Å²) in [6, 6.07) is 3.19. The third kappa shape index (κ3) is 4.01. The minimum Gasteiger partial charge on any atom is -0.503 e. The molecular weight excluding hydrogens is 368 g/mol. The quantitative estimate of drug-likeness (QED) is 0.458. The average molecular weight is 383 g/mol. The van der Waals surface area contributed by atoms with Crippen LogP contribution in [0.15, 0.2) is 26.5 Å². The summed E-state index contributed by atoms with van der Waals surface area (Å²) in [6.07, 6.45) is 1.32. The fraction of sp³-hybridized carbons (Fsp3) is 0.214. The van der Waals surface area contributed by atoms with Gasteiger partial charge in [0, 0.05) is 11.3 Å². The fourth-order valence-electron chi connectivity index (χ4n) is 1.89. The second kappa shape index (κ2) is 7.14. The summed E-state index contributed by atoms with van der Waals surface area (Å²) in [7, 11) is 1.43. The van der Waals surface area contributed by atoms with Gasteiger partial charge in [-0.25, -0.2) is 5.43 Å². The number of aromatic amines is 2. The summed E-state index contributed by atoms with van der Waals surface area (Å²) in [6.45, 7) is 1.70. The van der Waals surface area contributed by atoms with E-state index in [2.05, 4.69) is 36.7 Å². The minimum absolute atomic E-state index is 0.0177. The van der Waals surface area contributed by atoms with Crippen molar-refractivity contribution in [2.24, 2.45) is 5.10 Å². The summed E-state index contributed by atoms with van der Waals surface area (Å²) in [5.74, 6) is -0.156. The van der Waals surface area contributed by atoms with Crippen molar-refractivity contribution in [2.45, 2.75) is 13.3 Å². The van der Waals surface area contributed by atoms with Crippen LogP contribution in [0.5, 0.6) is 11.5 Å². The first-order valence-corrected chi connectivity index (χ1v) is 7.36. The molecule has 0 aliphatic heterocycles. The number of carbonyl (C=O) groups excluding carboxylic acids is 1. The van der Waals surface area contributed by atoms with Gasteiger partial charge in [-0.1, -0.05) is 0 Å². The molecule has 2 aromatic rings. The molecule has 0 saturated heterocycles. The van der Waals surface area contributed by atoms with Crippen molar-refractivity contribution >= 4 is 28.1 Å². The molecule has 2 rings (SSSR count). The van der Waals surface area contributed by atoms with E-state index in [1.165, 1.54) is 13.3 Å². The van der Waals surface area contributed by atoms with Crippen molar-refractivity contribution in [3.8, 4) is 11.5 Å². The molecule has 8 nitrogen and oxygen atoms in total. The number of amides is 1. The molecule has 0 saturated carbocycles. The van der Waals surface area contributed by atoms with Crippen molar-refractivity contribution in [1.82, 2.24) is 15.6 Å². The highest BCUT2D eigenvalue weighted by Gasteiger charge is 2.11. The van der Waals surface area contributed by atoms with Crippen LogP contribution in [0, 0.1) is 6.92 Å². The van der Waals surface area contributed by atoms with Crippen LogP contribution in [0.2, 0.25) is 0 Å². The number of halogens is 1. The molecule has 0 aliphatic rings. The number of hydrogen-bond donors (Lipinski definition) is 4. The number of carbonyl (C=O) groups is 1. The molecule has 0 aliphatic carbocycles. The van der Waals surface area contributed by atoms with E-state index < -0.39 is 5.91 Å². The van der Waals surface area contributed by atoms with Gasteiger partial charge in [0.1, 0.15) is 0 Å². The van der Waals surface area contributed by atoms with E-state index >= 15 is 0 Å². The predicted octanol–water partition coefficient (Wildman–Crippen LogP) is 1.18. The minimum atomic E-state index is -0.417. The summed E-state index contributed by atoms with van der Waals surface area (Å²) in [5, 5.41) is 18.6. The lowest BCUT2D eigenvalue weighted by Gasteiger charge is -2.06. The molecule has 0 radical (unpaired) electrons. The standard InChI is InChI=1S/C14H15BrN4O4/c1-7-9(14(22)19-17-7)5-12(20)18-16-6-8-3-10(15)13(21)11(4-8)23-2/h3-4,6,21H,5H2,1-2H3,(H,18,20)(H2,17,19,22)/b16-6-. The molecule has 4 N–H and O–H groups in total. The molecule has 122 valence electrons. The first-order valence-electron chi connectivity index (χ1n) is 6.57. The van der Waals surface area contributed by atoms with Gasteiger partial charge in [0.2, 0.25) is 5.91 Å². The maximum absolute atomic E-state index is 11.8. The zero-order chi connectivity index (χ0) is 17.0. The zero-order valence-corrected chi connectivity index (χ0v) is 14.0. The monoisotopic (exact) mass is 382 g/mol. The third-order valence-electron chi connectivity index (χ3n) is 3.10. The van der Waals surface area contributed by atoms with Crippen molar-refractivity contribution in [1.29, 1.82) is 0 Å². The van der Waals surface area contributed by atoms with Crippen molar-refractivity contribution in [2.75, 3.05) is 7.11 Å². The number of phenolic OH excluding ortho intramolecular Hbond substituents is 1. The molecule has 0 fully saturated rings. The fourth-order valence-corrected chi connectivity index (χ4v) is 2.35. The van der Waals surface area contributed by atoms with Crippen LogP contribution in [0.1, 0.15) is 16.8 Å². The van der Waals surface area contributed by atoms with E-state index in [9.17, 15) is 14.7 Å². The summed E-state index contributed by atoms with van der Waals surface area (Å²) < 4.78 is 5.46. The van der Waals surface area contributed by atoms with Crippen LogP contribution >= 0.6 is 15.9 Å². The molecule has 1 amide bonds. The first-order chi connectivity index (χ1) is 10.9. The highest BCUT2D eigenvalue weighted by Crippen LogP contribution is 2.34. The van der Waals surface area contributed by atoms with Gasteiger partial charge in [0.05, 0.1) is 24.2 Å². The summed E-state index contributed by atoms with van der Waals surface area (Å²) >= 11 is 3.19. The number of nitrogens with one attached hydrogen (secondary N) is 3. The Hall–Kier alpha value is -2.55. The lowest BCUT2D eigenvalue weighted by atomic mass is 10.2. The average Bonchev–Trinajstić information content (AvgIpc) is 2.82. The lowest BCUT2D eigenvalue weighted by molar-refractivity contribution is -0.120. The Morgan fingerprint density at radius 1 is 1.48 bits per heavy atom. The molecule has 1 aromatic heterocycles. The van der Waals surface area contributed by atoms with E-state index in [4.69, 9.17) is 4.74 Å². The number of hydrogen-bond acceptors (Lipinski definition) is 5. The summed E-state index contributed by atoms with van der Waals surface area (Å²) in [4.78, 5) is 23.2. The number of phenols is 1. The number of methoxy groups -OCH3 is 1. The molecule has 23 heavy (non-hydrogen) atoms. The first kappa shape index (κ1) is 16.8. The van der Waals surface area contributed by atoms with E-state index in [-0.39, 0.29) is 23.5 Å². The number of nitrogens with zero attached hydrogens (tertiary/aromatic N) is 1. The van der Waals surface area contributed by atoms with E-state index in [0.29, 0.717) is 21.3 Å². The van der Waals surface area contributed by atoms with Crippen LogP contribution in [0.4, 0.5) is 0 Å². The third-order valence-corrected chi connectivity index (χ3v) is 3.71.